The van der Waals surface area contributed by atoms with Gasteiger partial charge in [-0.2, -0.15) is 0 Å². The first-order valence-corrected chi connectivity index (χ1v) is 5.24. The molecule has 1 N–H and O–H groups in total. The summed E-state index contributed by atoms with van der Waals surface area (Å²) in [5, 5.41) is 9.97. The molecule has 1 aliphatic rings. The van der Waals surface area contributed by atoms with Crippen molar-refractivity contribution in [2.24, 2.45) is 5.92 Å². The molecule has 82 valence electrons. The molecule has 0 radical (unpaired) electrons. The van der Waals surface area contributed by atoms with Gasteiger partial charge in [-0.05, 0) is 36.5 Å². The second-order valence-corrected chi connectivity index (χ2v) is 4.03. The number of ether oxygens (including phenoxy) is 1. The third kappa shape index (κ3) is 1.97. The molecule has 0 bridgehead atoms. The molecule has 1 aromatic carbocycles. The molecule has 1 fully saturated rings. The predicted molar refractivity (Wildman–Crippen MR) is 55.3 cm³/mol. The van der Waals surface area contributed by atoms with Crippen LogP contribution in [0.5, 0.6) is 5.75 Å². The Morgan fingerprint density at radius 3 is 2.73 bits per heavy atom. The number of aliphatic hydroxyl groups excluding tert-OH is 1. The van der Waals surface area contributed by atoms with Crippen molar-refractivity contribution in [3.8, 4) is 5.75 Å². The summed E-state index contributed by atoms with van der Waals surface area (Å²) in [4.78, 5) is 0. The fourth-order valence-electron chi connectivity index (χ4n) is 1.89. The fourth-order valence-corrected chi connectivity index (χ4v) is 1.89. The number of hydrogen-bond donors (Lipinski definition) is 1. The average Bonchev–Trinajstić information content (AvgIpc) is 2.15. The Balaban J connectivity index is 2.20. The van der Waals surface area contributed by atoms with Crippen LogP contribution in [-0.4, -0.2) is 12.2 Å². The van der Waals surface area contributed by atoms with E-state index in [1.54, 1.807) is 12.1 Å². The Morgan fingerprint density at radius 2 is 2.20 bits per heavy atom. The maximum Gasteiger partial charge on any atom is 0.165 e. The van der Waals surface area contributed by atoms with Gasteiger partial charge < -0.3 is 9.84 Å². The van der Waals surface area contributed by atoms with Gasteiger partial charge in [0.2, 0.25) is 0 Å². The molecule has 3 heteroatoms. The average molecular weight is 210 g/mol. The number of aliphatic hydroxyl groups is 1. The number of methoxy groups -OCH3 is 1. The van der Waals surface area contributed by atoms with Crippen LogP contribution in [0.3, 0.4) is 0 Å². The molecular formula is C12H15FO2. The number of halogens is 1. The van der Waals surface area contributed by atoms with Crippen molar-refractivity contribution < 1.29 is 14.2 Å². The maximum absolute atomic E-state index is 13.1. The van der Waals surface area contributed by atoms with Gasteiger partial charge in [0, 0.05) is 0 Å². The van der Waals surface area contributed by atoms with Crippen molar-refractivity contribution in [1.82, 2.24) is 0 Å². The highest BCUT2D eigenvalue weighted by atomic mass is 19.1. The summed E-state index contributed by atoms with van der Waals surface area (Å²) >= 11 is 0. The molecule has 2 rings (SSSR count). The van der Waals surface area contributed by atoms with Crippen LogP contribution in [0, 0.1) is 11.7 Å². The van der Waals surface area contributed by atoms with Crippen LogP contribution in [0.1, 0.15) is 30.9 Å². The highest BCUT2D eigenvalue weighted by Crippen LogP contribution is 2.38. The molecule has 2 nitrogen and oxygen atoms in total. The highest BCUT2D eigenvalue weighted by Gasteiger charge is 2.27. The molecule has 1 aromatic rings. The van der Waals surface area contributed by atoms with E-state index in [9.17, 15) is 9.50 Å². The van der Waals surface area contributed by atoms with Gasteiger partial charge in [0.15, 0.2) is 11.6 Å². The van der Waals surface area contributed by atoms with E-state index in [0.717, 1.165) is 18.4 Å². The molecule has 0 aliphatic heterocycles. The Bertz CT molecular complexity index is 347. The first-order valence-electron chi connectivity index (χ1n) is 5.24. The quantitative estimate of drug-likeness (QED) is 0.831. The van der Waals surface area contributed by atoms with Gasteiger partial charge in [0.05, 0.1) is 13.2 Å². The van der Waals surface area contributed by atoms with Crippen molar-refractivity contribution in [2.75, 3.05) is 7.11 Å². The van der Waals surface area contributed by atoms with Crippen molar-refractivity contribution in [2.45, 2.75) is 25.4 Å². The summed E-state index contributed by atoms with van der Waals surface area (Å²) in [7, 11) is 1.43. The van der Waals surface area contributed by atoms with Crippen molar-refractivity contribution in [3.05, 3.63) is 29.6 Å². The van der Waals surface area contributed by atoms with Crippen molar-refractivity contribution in [3.63, 3.8) is 0 Å². The molecule has 0 amide bonds. The topological polar surface area (TPSA) is 29.5 Å². The van der Waals surface area contributed by atoms with Gasteiger partial charge in [0.1, 0.15) is 0 Å². The van der Waals surface area contributed by atoms with Crippen LogP contribution in [0.25, 0.3) is 0 Å². The summed E-state index contributed by atoms with van der Waals surface area (Å²) in [6.45, 7) is 0. The molecule has 1 atom stereocenters. The van der Waals surface area contributed by atoms with Crippen LogP contribution in [0.15, 0.2) is 18.2 Å². The van der Waals surface area contributed by atoms with E-state index in [1.807, 2.05) is 0 Å². The number of benzene rings is 1. The Labute approximate surface area is 88.7 Å². The Morgan fingerprint density at radius 1 is 1.47 bits per heavy atom. The van der Waals surface area contributed by atoms with E-state index in [-0.39, 0.29) is 11.6 Å². The Kier molecular flexibility index (Phi) is 2.91. The highest BCUT2D eigenvalue weighted by molar-refractivity contribution is 5.31. The lowest BCUT2D eigenvalue weighted by molar-refractivity contribution is 0.0618. The second kappa shape index (κ2) is 4.19. The molecular weight excluding hydrogens is 195 g/mol. The minimum absolute atomic E-state index is 0.200. The molecule has 15 heavy (non-hydrogen) atoms. The summed E-state index contributed by atoms with van der Waals surface area (Å²) in [6.07, 6.45) is 2.81. The lowest BCUT2D eigenvalue weighted by atomic mass is 9.79. The van der Waals surface area contributed by atoms with Gasteiger partial charge in [-0.1, -0.05) is 12.5 Å². The third-order valence-corrected chi connectivity index (χ3v) is 3.11. The normalized spacial score (nSPS) is 18.3. The fraction of sp³-hybridized carbons (Fsp3) is 0.500. The summed E-state index contributed by atoms with van der Waals surface area (Å²) in [5.74, 6) is 0.146. The number of rotatable bonds is 3. The smallest absolute Gasteiger partial charge is 0.165 e. The van der Waals surface area contributed by atoms with Crippen LogP contribution in [0.2, 0.25) is 0 Å². The lowest BCUT2D eigenvalue weighted by Gasteiger charge is -2.30. The molecule has 0 saturated heterocycles. The second-order valence-electron chi connectivity index (χ2n) is 4.03. The van der Waals surface area contributed by atoms with Crippen LogP contribution in [0.4, 0.5) is 4.39 Å². The first kappa shape index (κ1) is 10.4. The monoisotopic (exact) mass is 210 g/mol. The van der Waals surface area contributed by atoms with E-state index in [0.29, 0.717) is 5.92 Å². The molecule has 1 aliphatic carbocycles. The standard InChI is InChI=1S/C12H15FO2/c1-15-11-7-9(5-6-10(11)13)12(14)8-3-2-4-8/h5-8,12,14H,2-4H2,1H3. The lowest BCUT2D eigenvalue weighted by Crippen LogP contribution is -2.20. The third-order valence-electron chi connectivity index (χ3n) is 3.11. The Hall–Kier alpha value is -1.09. The van der Waals surface area contributed by atoms with Crippen LogP contribution >= 0.6 is 0 Å². The van der Waals surface area contributed by atoms with E-state index in [1.165, 1.54) is 19.6 Å². The molecule has 1 saturated carbocycles. The molecule has 0 aromatic heterocycles. The molecule has 1 unspecified atom stereocenters. The zero-order chi connectivity index (χ0) is 10.8. The molecule has 0 spiro atoms. The van der Waals surface area contributed by atoms with Crippen molar-refractivity contribution >= 4 is 0 Å². The first-order chi connectivity index (χ1) is 7.22. The van der Waals surface area contributed by atoms with E-state index < -0.39 is 6.10 Å². The maximum atomic E-state index is 13.1. The predicted octanol–water partition coefficient (Wildman–Crippen LogP) is 2.67. The van der Waals surface area contributed by atoms with Gasteiger partial charge in [0.25, 0.3) is 0 Å². The minimum Gasteiger partial charge on any atom is -0.494 e. The van der Waals surface area contributed by atoms with E-state index in [4.69, 9.17) is 4.74 Å². The zero-order valence-electron chi connectivity index (χ0n) is 8.74. The SMILES string of the molecule is COc1cc(C(O)C2CCC2)ccc1F. The van der Waals surface area contributed by atoms with E-state index in [2.05, 4.69) is 0 Å². The van der Waals surface area contributed by atoms with E-state index >= 15 is 0 Å². The van der Waals surface area contributed by atoms with Crippen molar-refractivity contribution in [1.29, 1.82) is 0 Å². The summed E-state index contributed by atoms with van der Waals surface area (Å²) in [6, 6.07) is 4.55. The minimum atomic E-state index is -0.478. The van der Waals surface area contributed by atoms with Crippen LogP contribution in [-0.2, 0) is 0 Å². The largest absolute Gasteiger partial charge is 0.494 e. The van der Waals surface area contributed by atoms with Gasteiger partial charge in [-0.3, -0.25) is 0 Å². The number of hydrogen-bond acceptors (Lipinski definition) is 2. The zero-order valence-corrected chi connectivity index (χ0v) is 8.74. The summed E-state index contributed by atoms with van der Waals surface area (Å²) in [5.41, 5.74) is 0.748. The van der Waals surface area contributed by atoms with Gasteiger partial charge in [-0.25, -0.2) is 4.39 Å². The van der Waals surface area contributed by atoms with Crippen LogP contribution < -0.4 is 4.74 Å². The van der Waals surface area contributed by atoms with Gasteiger partial charge in [-0.15, -0.1) is 0 Å². The molecule has 0 heterocycles. The van der Waals surface area contributed by atoms with Gasteiger partial charge >= 0.3 is 0 Å². The summed E-state index contributed by atoms with van der Waals surface area (Å²) < 4.78 is 18.0.